The van der Waals surface area contributed by atoms with Crippen LogP contribution in [0.1, 0.15) is 33.1 Å². The van der Waals surface area contributed by atoms with Crippen LogP contribution >= 0.6 is 0 Å². The lowest BCUT2D eigenvalue weighted by Gasteiger charge is -2.31. The summed E-state index contributed by atoms with van der Waals surface area (Å²) in [6.07, 6.45) is 3.14. The normalized spacial score (nSPS) is 26.0. The zero-order valence-corrected chi connectivity index (χ0v) is 11.5. The molecule has 1 saturated carbocycles. The summed E-state index contributed by atoms with van der Waals surface area (Å²) in [6.45, 7) is 4.70. The SMILES string of the molecule is COc1cccc(NC2(CO)CCC(C)(C)C2)c1. The fraction of sp³-hybridized carbons (Fsp3) is 0.600. The molecular formula is C15H23NO2. The number of hydrogen-bond acceptors (Lipinski definition) is 3. The molecule has 0 saturated heterocycles. The zero-order valence-electron chi connectivity index (χ0n) is 11.5. The van der Waals surface area contributed by atoms with Crippen LogP contribution in [-0.2, 0) is 0 Å². The first-order chi connectivity index (χ1) is 8.49. The quantitative estimate of drug-likeness (QED) is 0.861. The lowest BCUT2D eigenvalue weighted by atomic mass is 9.88. The molecule has 2 N–H and O–H groups in total. The largest absolute Gasteiger partial charge is 0.497 e. The minimum absolute atomic E-state index is 0.174. The van der Waals surface area contributed by atoms with E-state index in [-0.39, 0.29) is 12.1 Å². The monoisotopic (exact) mass is 249 g/mol. The molecular weight excluding hydrogens is 226 g/mol. The maximum atomic E-state index is 9.74. The summed E-state index contributed by atoms with van der Waals surface area (Å²) < 4.78 is 5.22. The Labute approximate surface area is 109 Å². The Balaban J connectivity index is 2.15. The number of rotatable bonds is 4. The number of benzene rings is 1. The van der Waals surface area contributed by atoms with E-state index in [0.717, 1.165) is 30.7 Å². The van der Waals surface area contributed by atoms with Gasteiger partial charge in [0.2, 0.25) is 0 Å². The minimum atomic E-state index is -0.185. The number of aliphatic hydroxyl groups excluding tert-OH is 1. The highest BCUT2D eigenvalue weighted by molar-refractivity contribution is 5.50. The third kappa shape index (κ3) is 2.78. The van der Waals surface area contributed by atoms with E-state index in [0.29, 0.717) is 5.41 Å². The van der Waals surface area contributed by atoms with E-state index >= 15 is 0 Å². The second kappa shape index (κ2) is 4.81. The Morgan fingerprint density at radius 1 is 1.33 bits per heavy atom. The van der Waals surface area contributed by atoms with E-state index in [1.165, 1.54) is 0 Å². The molecule has 1 aromatic carbocycles. The van der Waals surface area contributed by atoms with Crippen LogP contribution in [0.25, 0.3) is 0 Å². The van der Waals surface area contributed by atoms with Gasteiger partial charge in [-0.05, 0) is 36.8 Å². The molecule has 1 aromatic rings. The van der Waals surface area contributed by atoms with Crippen LogP contribution in [-0.4, -0.2) is 24.4 Å². The average Bonchev–Trinajstić information content (AvgIpc) is 2.66. The van der Waals surface area contributed by atoms with Gasteiger partial charge in [-0.25, -0.2) is 0 Å². The highest BCUT2D eigenvalue weighted by Crippen LogP contribution is 2.45. The van der Waals surface area contributed by atoms with Crippen molar-refractivity contribution in [3.63, 3.8) is 0 Å². The van der Waals surface area contributed by atoms with Gasteiger partial charge < -0.3 is 15.2 Å². The zero-order chi connectivity index (χ0) is 13.2. The van der Waals surface area contributed by atoms with Crippen LogP contribution in [0.5, 0.6) is 5.75 Å². The topological polar surface area (TPSA) is 41.5 Å². The Bertz CT molecular complexity index is 417. The molecule has 1 atom stereocenters. The number of anilines is 1. The molecule has 100 valence electrons. The van der Waals surface area contributed by atoms with Crippen molar-refractivity contribution in [2.75, 3.05) is 19.0 Å². The highest BCUT2D eigenvalue weighted by Gasteiger charge is 2.42. The van der Waals surface area contributed by atoms with E-state index < -0.39 is 0 Å². The highest BCUT2D eigenvalue weighted by atomic mass is 16.5. The van der Waals surface area contributed by atoms with Crippen molar-refractivity contribution in [3.8, 4) is 5.75 Å². The van der Waals surface area contributed by atoms with Gasteiger partial charge in [0.15, 0.2) is 0 Å². The van der Waals surface area contributed by atoms with E-state index in [1.54, 1.807) is 7.11 Å². The summed E-state index contributed by atoms with van der Waals surface area (Å²) in [5.41, 5.74) is 1.13. The van der Waals surface area contributed by atoms with Crippen LogP contribution < -0.4 is 10.1 Å². The molecule has 0 radical (unpaired) electrons. The van der Waals surface area contributed by atoms with Crippen LogP contribution in [0.4, 0.5) is 5.69 Å². The molecule has 0 spiro atoms. The number of hydrogen-bond donors (Lipinski definition) is 2. The van der Waals surface area contributed by atoms with Gasteiger partial charge in [-0.1, -0.05) is 19.9 Å². The molecule has 0 heterocycles. The van der Waals surface area contributed by atoms with Gasteiger partial charge >= 0.3 is 0 Å². The van der Waals surface area contributed by atoms with Gasteiger partial charge in [-0.3, -0.25) is 0 Å². The fourth-order valence-corrected chi connectivity index (χ4v) is 2.96. The van der Waals surface area contributed by atoms with Crippen LogP contribution in [0.2, 0.25) is 0 Å². The molecule has 3 nitrogen and oxygen atoms in total. The first kappa shape index (κ1) is 13.2. The van der Waals surface area contributed by atoms with Gasteiger partial charge in [0.05, 0.1) is 19.3 Å². The van der Waals surface area contributed by atoms with Crippen molar-refractivity contribution in [1.29, 1.82) is 0 Å². The van der Waals surface area contributed by atoms with Crippen molar-refractivity contribution in [2.24, 2.45) is 5.41 Å². The summed E-state index contributed by atoms with van der Waals surface area (Å²) >= 11 is 0. The third-order valence-corrected chi connectivity index (χ3v) is 3.88. The van der Waals surface area contributed by atoms with Gasteiger partial charge in [-0.2, -0.15) is 0 Å². The van der Waals surface area contributed by atoms with Crippen LogP contribution in [0.3, 0.4) is 0 Å². The molecule has 1 aliphatic rings. The molecule has 18 heavy (non-hydrogen) atoms. The Hall–Kier alpha value is -1.22. The predicted molar refractivity (Wildman–Crippen MR) is 74.1 cm³/mol. The van der Waals surface area contributed by atoms with Crippen molar-refractivity contribution in [1.82, 2.24) is 0 Å². The van der Waals surface area contributed by atoms with Crippen molar-refractivity contribution in [2.45, 2.75) is 38.6 Å². The Morgan fingerprint density at radius 3 is 2.67 bits per heavy atom. The molecule has 0 amide bonds. The summed E-state index contributed by atoms with van der Waals surface area (Å²) in [5, 5.41) is 13.2. The van der Waals surface area contributed by atoms with Gasteiger partial charge in [0, 0.05) is 11.8 Å². The summed E-state index contributed by atoms with van der Waals surface area (Å²) in [7, 11) is 1.67. The van der Waals surface area contributed by atoms with E-state index in [4.69, 9.17) is 4.74 Å². The predicted octanol–water partition coefficient (Wildman–Crippen LogP) is 3.05. The summed E-state index contributed by atoms with van der Waals surface area (Å²) in [5.74, 6) is 0.838. The molecule has 0 aromatic heterocycles. The standard InChI is InChI=1S/C15H23NO2/c1-14(2)7-8-15(10-14,11-17)16-12-5-4-6-13(9-12)18-3/h4-6,9,16-17H,7-8,10-11H2,1-3H3. The molecule has 1 unspecified atom stereocenters. The summed E-state index contributed by atoms with van der Waals surface area (Å²) in [4.78, 5) is 0. The molecule has 3 heteroatoms. The minimum Gasteiger partial charge on any atom is -0.497 e. The van der Waals surface area contributed by atoms with E-state index in [9.17, 15) is 5.11 Å². The van der Waals surface area contributed by atoms with Crippen molar-refractivity contribution >= 4 is 5.69 Å². The average molecular weight is 249 g/mol. The van der Waals surface area contributed by atoms with Crippen LogP contribution in [0, 0.1) is 5.41 Å². The first-order valence-corrected chi connectivity index (χ1v) is 6.52. The lowest BCUT2D eigenvalue weighted by Crippen LogP contribution is -2.40. The van der Waals surface area contributed by atoms with Gasteiger partial charge in [-0.15, -0.1) is 0 Å². The molecule has 2 rings (SSSR count). The van der Waals surface area contributed by atoms with Gasteiger partial charge in [0.1, 0.15) is 5.75 Å². The Kier molecular flexibility index (Phi) is 3.53. The molecule has 0 aliphatic heterocycles. The number of ether oxygens (including phenoxy) is 1. The van der Waals surface area contributed by atoms with Crippen molar-refractivity contribution < 1.29 is 9.84 Å². The maximum Gasteiger partial charge on any atom is 0.120 e. The van der Waals surface area contributed by atoms with E-state index in [2.05, 4.69) is 19.2 Å². The fourth-order valence-electron chi connectivity index (χ4n) is 2.96. The van der Waals surface area contributed by atoms with Crippen molar-refractivity contribution in [3.05, 3.63) is 24.3 Å². The smallest absolute Gasteiger partial charge is 0.120 e. The number of methoxy groups -OCH3 is 1. The summed E-state index contributed by atoms with van der Waals surface area (Å²) in [6, 6.07) is 7.88. The van der Waals surface area contributed by atoms with Gasteiger partial charge in [0.25, 0.3) is 0 Å². The van der Waals surface area contributed by atoms with Crippen LogP contribution in [0.15, 0.2) is 24.3 Å². The second-order valence-corrected chi connectivity index (χ2v) is 6.14. The Morgan fingerprint density at radius 2 is 2.11 bits per heavy atom. The lowest BCUT2D eigenvalue weighted by molar-refractivity contribution is 0.202. The van der Waals surface area contributed by atoms with E-state index in [1.807, 2.05) is 24.3 Å². The molecule has 1 aliphatic carbocycles. The first-order valence-electron chi connectivity index (χ1n) is 6.52. The third-order valence-electron chi connectivity index (χ3n) is 3.88. The number of aliphatic hydroxyl groups is 1. The maximum absolute atomic E-state index is 9.74. The molecule has 1 fully saturated rings. The number of nitrogens with one attached hydrogen (secondary N) is 1. The second-order valence-electron chi connectivity index (χ2n) is 6.14. The molecule has 0 bridgehead atoms.